The van der Waals surface area contributed by atoms with Gasteiger partial charge in [-0.25, -0.2) is 0 Å². The Labute approximate surface area is 112 Å². The van der Waals surface area contributed by atoms with Crippen LogP contribution in [0.4, 0.5) is 0 Å². The van der Waals surface area contributed by atoms with Gasteiger partial charge in [0.15, 0.2) is 0 Å². The molecule has 1 fully saturated rings. The Morgan fingerprint density at radius 3 is 2.83 bits per heavy atom. The van der Waals surface area contributed by atoms with Crippen LogP contribution in [-0.2, 0) is 0 Å². The summed E-state index contributed by atoms with van der Waals surface area (Å²) in [6.07, 6.45) is 15.1. The highest BCUT2D eigenvalue weighted by Crippen LogP contribution is 2.23. The maximum atomic E-state index is 4.18. The number of rotatable bonds is 5. The van der Waals surface area contributed by atoms with Crippen LogP contribution in [0.1, 0.15) is 46.0 Å². The van der Waals surface area contributed by atoms with E-state index < -0.39 is 0 Å². The normalized spacial score (nSPS) is 22.9. The first-order valence-electron chi connectivity index (χ1n) is 7.31. The van der Waals surface area contributed by atoms with Crippen molar-refractivity contribution in [2.75, 3.05) is 20.1 Å². The van der Waals surface area contributed by atoms with E-state index in [2.05, 4.69) is 42.0 Å². The van der Waals surface area contributed by atoms with Crippen molar-refractivity contribution < 1.29 is 0 Å². The molecular weight excluding hydrogens is 220 g/mol. The summed E-state index contributed by atoms with van der Waals surface area (Å²) in [7, 11) is 1.85. The van der Waals surface area contributed by atoms with Crippen molar-refractivity contribution in [3.8, 4) is 0 Å². The maximum Gasteiger partial charge on any atom is 0.0547 e. The fraction of sp³-hybridized carbons (Fsp3) is 0.688. The highest BCUT2D eigenvalue weighted by Gasteiger charge is 2.16. The van der Waals surface area contributed by atoms with Gasteiger partial charge < -0.3 is 4.90 Å². The number of hydrogen-bond donors (Lipinski definition) is 0. The predicted octanol–water partition coefficient (Wildman–Crippen LogP) is 4.05. The Morgan fingerprint density at radius 2 is 2.17 bits per heavy atom. The van der Waals surface area contributed by atoms with Gasteiger partial charge in [-0.2, -0.15) is 0 Å². The third-order valence-electron chi connectivity index (χ3n) is 3.63. The van der Waals surface area contributed by atoms with Gasteiger partial charge in [0.1, 0.15) is 0 Å². The van der Waals surface area contributed by atoms with E-state index in [1.54, 1.807) is 0 Å². The van der Waals surface area contributed by atoms with Crippen molar-refractivity contribution in [2.45, 2.75) is 46.0 Å². The third-order valence-corrected chi connectivity index (χ3v) is 3.63. The first-order chi connectivity index (χ1) is 8.81. The Bertz CT molecular complexity index is 302. The lowest BCUT2D eigenvalue weighted by molar-refractivity contribution is 0.362. The number of likely N-dealkylation sites (tertiary alicyclic amines) is 1. The summed E-state index contributed by atoms with van der Waals surface area (Å²) in [4.78, 5) is 6.67. The first-order valence-corrected chi connectivity index (χ1v) is 7.31. The summed E-state index contributed by atoms with van der Waals surface area (Å²) in [6, 6.07) is 0. The number of aliphatic imine (C=N–C) groups is 1. The minimum Gasteiger partial charge on any atom is -0.370 e. The van der Waals surface area contributed by atoms with Crippen LogP contribution in [-0.4, -0.2) is 31.3 Å². The highest BCUT2D eigenvalue weighted by atomic mass is 15.1. The minimum atomic E-state index is 0.932. The molecule has 0 aliphatic carbocycles. The smallest absolute Gasteiger partial charge is 0.0547 e. The van der Waals surface area contributed by atoms with Gasteiger partial charge in [-0.1, -0.05) is 31.9 Å². The summed E-state index contributed by atoms with van der Waals surface area (Å²) in [5.74, 6) is 0.932. The Hall–Kier alpha value is -1.05. The molecule has 0 aromatic carbocycles. The summed E-state index contributed by atoms with van der Waals surface area (Å²) in [5, 5.41) is 0. The molecule has 0 aromatic heterocycles. The van der Waals surface area contributed by atoms with Crippen LogP contribution in [0.2, 0.25) is 0 Å². The quantitative estimate of drug-likeness (QED) is 0.529. The number of nitrogens with zero attached hydrogens (tertiary/aromatic N) is 2. The Morgan fingerprint density at radius 1 is 1.33 bits per heavy atom. The van der Waals surface area contributed by atoms with E-state index in [4.69, 9.17) is 0 Å². The average Bonchev–Trinajstić information content (AvgIpc) is 2.61. The molecule has 2 heteroatoms. The molecule has 1 rings (SSSR count). The Balaban J connectivity index is 2.63. The van der Waals surface area contributed by atoms with E-state index >= 15 is 0 Å². The second kappa shape index (κ2) is 8.96. The van der Waals surface area contributed by atoms with Crippen molar-refractivity contribution >= 4 is 6.21 Å². The second-order valence-electron chi connectivity index (χ2n) is 5.08. The van der Waals surface area contributed by atoms with Crippen molar-refractivity contribution in [1.29, 1.82) is 0 Å². The molecule has 0 amide bonds. The molecule has 2 nitrogen and oxygen atoms in total. The van der Waals surface area contributed by atoms with Crippen molar-refractivity contribution in [3.63, 3.8) is 0 Å². The molecule has 1 aliphatic heterocycles. The zero-order valence-corrected chi connectivity index (χ0v) is 12.2. The van der Waals surface area contributed by atoms with E-state index in [0.717, 1.165) is 5.92 Å². The summed E-state index contributed by atoms with van der Waals surface area (Å²) >= 11 is 0. The van der Waals surface area contributed by atoms with Gasteiger partial charge >= 0.3 is 0 Å². The molecular formula is C16H28N2. The SMILES string of the molecule is C/C=C/C=C(\C=NC)N1CCCC(CCC)CC1. The Kier molecular flexibility index (Phi) is 7.47. The molecule has 0 saturated carbocycles. The molecule has 1 atom stereocenters. The van der Waals surface area contributed by atoms with Crippen molar-refractivity contribution in [2.24, 2.45) is 10.9 Å². The second-order valence-corrected chi connectivity index (χ2v) is 5.08. The lowest BCUT2D eigenvalue weighted by atomic mass is 9.96. The average molecular weight is 248 g/mol. The van der Waals surface area contributed by atoms with Gasteiger partial charge in [-0.15, -0.1) is 0 Å². The highest BCUT2D eigenvalue weighted by molar-refractivity contribution is 5.78. The molecule has 1 aliphatic rings. The summed E-state index contributed by atoms with van der Waals surface area (Å²) in [5.41, 5.74) is 1.26. The zero-order valence-electron chi connectivity index (χ0n) is 12.2. The van der Waals surface area contributed by atoms with Gasteiger partial charge in [0.2, 0.25) is 0 Å². The van der Waals surface area contributed by atoms with Crippen LogP contribution in [0.3, 0.4) is 0 Å². The molecule has 0 radical (unpaired) electrons. The van der Waals surface area contributed by atoms with Crippen LogP contribution < -0.4 is 0 Å². The van der Waals surface area contributed by atoms with Gasteiger partial charge in [0.05, 0.1) is 5.70 Å². The fourth-order valence-corrected chi connectivity index (χ4v) is 2.68. The van der Waals surface area contributed by atoms with Crippen LogP contribution in [0, 0.1) is 5.92 Å². The van der Waals surface area contributed by atoms with E-state index in [9.17, 15) is 0 Å². The van der Waals surface area contributed by atoms with E-state index in [0.29, 0.717) is 0 Å². The largest absolute Gasteiger partial charge is 0.370 e. The molecule has 1 unspecified atom stereocenters. The molecule has 0 bridgehead atoms. The van der Waals surface area contributed by atoms with Gasteiger partial charge in [0.25, 0.3) is 0 Å². The summed E-state index contributed by atoms with van der Waals surface area (Å²) in [6.45, 7) is 6.70. The zero-order chi connectivity index (χ0) is 13.2. The van der Waals surface area contributed by atoms with Crippen LogP contribution in [0.25, 0.3) is 0 Å². The van der Waals surface area contributed by atoms with Crippen molar-refractivity contribution in [1.82, 2.24) is 4.90 Å². The molecule has 0 spiro atoms. The first kappa shape index (κ1) is 15.0. The van der Waals surface area contributed by atoms with Crippen LogP contribution in [0.15, 0.2) is 28.9 Å². The minimum absolute atomic E-state index is 0.932. The summed E-state index contributed by atoms with van der Waals surface area (Å²) < 4.78 is 0. The lowest BCUT2D eigenvalue weighted by Gasteiger charge is -2.23. The van der Waals surface area contributed by atoms with Gasteiger partial charge in [0, 0.05) is 26.4 Å². The maximum absolute atomic E-state index is 4.18. The van der Waals surface area contributed by atoms with Crippen LogP contribution >= 0.6 is 0 Å². The molecule has 0 aromatic rings. The van der Waals surface area contributed by atoms with E-state index in [1.807, 2.05) is 13.3 Å². The molecule has 18 heavy (non-hydrogen) atoms. The lowest BCUT2D eigenvalue weighted by Crippen LogP contribution is -2.25. The fourth-order valence-electron chi connectivity index (χ4n) is 2.68. The van der Waals surface area contributed by atoms with Crippen molar-refractivity contribution in [3.05, 3.63) is 23.9 Å². The molecule has 1 saturated heterocycles. The standard InChI is InChI=1S/C16H28N2/c1-4-6-10-16(14-17-3)18-12-7-9-15(8-5-2)11-13-18/h4,6,10,14-15H,5,7-9,11-13H2,1-3H3/b6-4+,16-10+,17-14?. The monoisotopic (exact) mass is 248 g/mol. The number of hydrogen-bond acceptors (Lipinski definition) is 2. The van der Waals surface area contributed by atoms with Gasteiger partial charge in [-0.3, -0.25) is 4.99 Å². The van der Waals surface area contributed by atoms with Gasteiger partial charge in [-0.05, 0) is 38.2 Å². The van der Waals surface area contributed by atoms with Crippen LogP contribution in [0.5, 0.6) is 0 Å². The molecule has 102 valence electrons. The molecule has 0 N–H and O–H groups in total. The van der Waals surface area contributed by atoms with E-state index in [1.165, 1.54) is 50.9 Å². The number of allylic oxidation sites excluding steroid dienone is 4. The topological polar surface area (TPSA) is 15.6 Å². The third kappa shape index (κ3) is 5.07. The molecule has 1 heterocycles. The predicted molar refractivity (Wildman–Crippen MR) is 81.1 cm³/mol. The van der Waals surface area contributed by atoms with E-state index in [-0.39, 0.29) is 0 Å².